The van der Waals surface area contributed by atoms with Crippen LogP contribution < -0.4 is 0 Å². The predicted molar refractivity (Wildman–Crippen MR) is 167 cm³/mol. The zero-order chi connectivity index (χ0) is 34.7. The zero-order valence-corrected chi connectivity index (χ0v) is 25.9. The summed E-state index contributed by atoms with van der Waals surface area (Å²) in [6.45, 7) is -1.17. The van der Waals surface area contributed by atoms with E-state index in [1.807, 2.05) is 12.1 Å². The standard InChI is InChI=1S/C35H40O13/c36-13-10-26-31(43)33(45)29(41)24(47-26)7-3-18-1-5-20-21-6-2-19(4-8-25-30(42)34(46)32(44)27(17-38)48-25)16-23(21)35(12-14-37,22(20)15-18)11-9-28(39)40/h1-2,5-6,15-16,24-27,29-34,36-38,41-46H,9-14,17H2,(H,39,40)/t24-,25-,26-,27-,29-,30-,31-,32-,33-,34-,35?/m1/s1. The van der Waals surface area contributed by atoms with E-state index in [9.17, 15) is 55.9 Å². The number of benzene rings is 2. The fraction of sp³-hybridized carbons (Fsp3) is 0.514. The Labute approximate surface area is 276 Å². The summed E-state index contributed by atoms with van der Waals surface area (Å²) in [5.41, 5.74) is 3.00. The summed E-state index contributed by atoms with van der Waals surface area (Å²) in [5, 5.41) is 100. The van der Waals surface area contributed by atoms with Crippen LogP contribution in [0.4, 0.5) is 0 Å². The van der Waals surface area contributed by atoms with Crippen LogP contribution in [0.1, 0.15) is 47.9 Å². The number of aliphatic hydroxyl groups excluding tert-OH is 9. The number of ether oxygens (including phenoxy) is 2. The van der Waals surface area contributed by atoms with Crippen molar-refractivity contribution in [2.45, 2.75) is 92.1 Å². The molecule has 2 aromatic carbocycles. The van der Waals surface area contributed by atoms with Crippen LogP contribution in [-0.4, -0.2) is 138 Å². The van der Waals surface area contributed by atoms with Gasteiger partial charge in [0.1, 0.15) is 54.9 Å². The molecule has 2 aliphatic heterocycles. The lowest BCUT2D eigenvalue weighted by atomic mass is 9.71. The molecule has 5 rings (SSSR count). The number of fused-ring (bicyclic) bond motifs is 3. The van der Waals surface area contributed by atoms with Crippen LogP contribution in [0.25, 0.3) is 11.1 Å². The fourth-order valence-corrected chi connectivity index (χ4v) is 6.79. The summed E-state index contributed by atoms with van der Waals surface area (Å²) >= 11 is 0. The van der Waals surface area contributed by atoms with Gasteiger partial charge in [-0.2, -0.15) is 0 Å². The number of rotatable bonds is 8. The van der Waals surface area contributed by atoms with E-state index in [0.29, 0.717) is 16.7 Å². The average molecular weight is 669 g/mol. The quantitative estimate of drug-likeness (QED) is 0.137. The Kier molecular flexibility index (Phi) is 11.2. The number of hydrogen-bond acceptors (Lipinski definition) is 12. The molecule has 0 aromatic heterocycles. The second-order valence-electron chi connectivity index (χ2n) is 12.3. The first-order chi connectivity index (χ1) is 22.9. The van der Waals surface area contributed by atoms with E-state index in [0.717, 1.165) is 16.7 Å². The molecule has 2 saturated heterocycles. The van der Waals surface area contributed by atoms with Crippen LogP contribution in [-0.2, 0) is 19.7 Å². The Hall–Kier alpha value is -3.41. The summed E-state index contributed by atoms with van der Waals surface area (Å²) in [6.07, 6.45) is -13.4. The third-order valence-electron chi connectivity index (χ3n) is 9.40. The maximum absolute atomic E-state index is 11.8. The van der Waals surface area contributed by atoms with Crippen molar-refractivity contribution >= 4 is 5.97 Å². The van der Waals surface area contributed by atoms with Gasteiger partial charge < -0.3 is 60.5 Å². The van der Waals surface area contributed by atoms with E-state index >= 15 is 0 Å². The van der Waals surface area contributed by atoms with E-state index in [4.69, 9.17) is 9.47 Å². The minimum atomic E-state index is -1.58. The van der Waals surface area contributed by atoms with Crippen molar-refractivity contribution in [3.63, 3.8) is 0 Å². The summed E-state index contributed by atoms with van der Waals surface area (Å²) in [7, 11) is 0. The molecule has 11 atom stereocenters. The monoisotopic (exact) mass is 668 g/mol. The van der Waals surface area contributed by atoms with Crippen molar-refractivity contribution < 1.29 is 65.3 Å². The van der Waals surface area contributed by atoms with Crippen LogP contribution in [0.3, 0.4) is 0 Å². The summed E-state index contributed by atoms with van der Waals surface area (Å²) in [4.78, 5) is 11.8. The Morgan fingerprint density at radius 1 is 0.667 bits per heavy atom. The molecule has 1 unspecified atom stereocenters. The van der Waals surface area contributed by atoms with Crippen molar-refractivity contribution in [3.8, 4) is 34.8 Å². The van der Waals surface area contributed by atoms with E-state index in [2.05, 4.69) is 23.7 Å². The van der Waals surface area contributed by atoms with Gasteiger partial charge in [0.05, 0.1) is 12.7 Å². The molecule has 0 saturated carbocycles. The minimum Gasteiger partial charge on any atom is -0.481 e. The smallest absolute Gasteiger partial charge is 0.303 e. The average Bonchev–Trinajstić information content (AvgIpc) is 3.34. The summed E-state index contributed by atoms with van der Waals surface area (Å²) in [5.74, 6) is 10.4. The van der Waals surface area contributed by atoms with Crippen molar-refractivity contribution in [1.82, 2.24) is 0 Å². The van der Waals surface area contributed by atoms with Gasteiger partial charge in [0.15, 0.2) is 0 Å². The van der Waals surface area contributed by atoms with Crippen molar-refractivity contribution in [3.05, 3.63) is 58.7 Å². The predicted octanol–water partition coefficient (Wildman–Crippen LogP) is -2.02. The molecule has 3 aliphatic rings. The number of carboxylic acid groups (broad SMARTS) is 1. The highest BCUT2D eigenvalue weighted by molar-refractivity contribution is 5.83. The highest BCUT2D eigenvalue weighted by Crippen LogP contribution is 2.53. The zero-order valence-electron chi connectivity index (χ0n) is 25.9. The van der Waals surface area contributed by atoms with Crippen LogP contribution in [0.15, 0.2) is 36.4 Å². The topological polar surface area (TPSA) is 238 Å². The molecule has 0 radical (unpaired) electrons. The van der Waals surface area contributed by atoms with E-state index < -0.39 is 79.0 Å². The maximum Gasteiger partial charge on any atom is 0.303 e. The van der Waals surface area contributed by atoms with Crippen molar-refractivity contribution in [2.24, 2.45) is 0 Å². The van der Waals surface area contributed by atoms with Gasteiger partial charge in [0.2, 0.25) is 0 Å². The van der Waals surface area contributed by atoms with E-state index in [1.165, 1.54) is 0 Å². The third kappa shape index (κ3) is 6.87. The molecule has 0 spiro atoms. The molecule has 48 heavy (non-hydrogen) atoms. The molecule has 2 heterocycles. The largest absolute Gasteiger partial charge is 0.481 e. The van der Waals surface area contributed by atoms with Gasteiger partial charge in [-0.15, -0.1) is 0 Å². The molecule has 1 aliphatic carbocycles. The van der Waals surface area contributed by atoms with Crippen LogP contribution in [0.2, 0.25) is 0 Å². The number of carbonyl (C=O) groups is 1. The van der Waals surface area contributed by atoms with Crippen LogP contribution in [0.5, 0.6) is 0 Å². The Balaban J connectivity index is 1.51. The summed E-state index contributed by atoms with van der Waals surface area (Å²) in [6, 6.07) is 10.7. The molecule has 0 amide bonds. The lowest BCUT2D eigenvalue weighted by molar-refractivity contribution is -0.214. The number of hydrogen-bond donors (Lipinski definition) is 10. The normalized spacial score (nSPS) is 33.9. The molecule has 2 fully saturated rings. The van der Waals surface area contributed by atoms with E-state index in [-0.39, 0.29) is 38.9 Å². The lowest BCUT2D eigenvalue weighted by Crippen LogP contribution is -2.58. The first-order valence-electron chi connectivity index (χ1n) is 15.7. The Bertz CT molecular complexity index is 1600. The van der Waals surface area contributed by atoms with Gasteiger partial charge >= 0.3 is 5.97 Å². The minimum absolute atomic E-state index is 0.0301. The third-order valence-corrected chi connectivity index (χ3v) is 9.40. The van der Waals surface area contributed by atoms with Gasteiger partial charge in [-0.3, -0.25) is 4.79 Å². The van der Waals surface area contributed by atoms with Crippen LogP contribution in [0, 0.1) is 23.7 Å². The second kappa shape index (κ2) is 15.0. The second-order valence-corrected chi connectivity index (χ2v) is 12.3. The maximum atomic E-state index is 11.8. The first-order valence-corrected chi connectivity index (χ1v) is 15.7. The number of aliphatic carboxylic acids is 1. The summed E-state index contributed by atoms with van der Waals surface area (Å²) < 4.78 is 11.2. The highest BCUT2D eigenvalue weighted by Gasteiger charge is 2.45. The first kappa shape index (κ1) is 35.9. The van der Waals surface area contributed by atoms with E-state index in [1.54, 1.807) is 24.3 Å². The molecule has 13 heteroatoms. The van der Waals surface area contributed by atoms with Gasteiger partial charge in [0, 0.05) is 36.2 Å². The molecule has 2 aromatic rings. The van der Waals surface area contributed by atoms with Gasteiger partial charge in [-0.1, -0.05) is 35.8 Å². The molecular formula is C35H40O13. The highest BCUT2D eigenvalue weighted by atomic mass is 16.5. The molecular weight excluding hydrogens is 628 g/mol. The molecule has 0 bridgehead atoms. The molecule has 258 valence electrons. The van der Waals surface area contributed by atoms with Crippen molar-refractivity contribution in [2.75, 3.05) is 19.8 Å². The number of carboxylic acids is 1. The Morgan fingerprint density at radius 2 is 1.17 bits per heavy atom. The Morgan fingerprint density at radius 3 is 1.62 bits per heavy atom. The SMILES string of the molecule is O=C(O)CCC1(CCO)c2cc(C#C[C@H]3O[C@H](CO)[C@@H](O)[C@H](O)[C@@H]3O)ccc2-c2ccc(C#C[C@H]3O[C@H](CCO)[C@@H](O)[C@H](O)[C@@H]3O)cc21. The number of aliphatic hydroxyl groups is 9. The van der Waals surface area contributed by atoms with Crippen molar-refractivity contribution in [1.29, 1.82) is 0 Å². The van der Waals surface area contributed by atoms with Gasteiger partial charge in [-0.25, -0.2) is 0 Å². The van der Waals surface area contributed by atoms with Gasteiger partial charge in [-0.05, 0) is 65.8 Å². The molecule has 13 nitrogen and oxygen atoms in total. The fourth-order valence-electron chi connectivity index (χ4n) is 6.79. The van der Waals surface area contributed by atoms with Crippen LogP contribution >= 0.6 is 0 Å². The molecule has 10 N–H and O–H groups in total. The lowest BCUT2D eigenvalue weighted by Gasteiger charge is -2.38. The van der Waals surface area contributed by atoms with Gasteiger partial charge in [0.25, 0.3) is 0 Å².